The smallest absolute Gasteiger partial charge is 0.344 e. The highest BCUT2D eigenvalue weighted by atomic mass is 16.5. The zero-order valence-corrected chi connectivity index (χ0v) is 29.9. The third-order valence-corrected chi connectivity index (χ3v) is 8.89. The van der Waals surface area contributed by atoms with E-state index in [1.165, 1.54) is 6.92 Å². The second-order valence-corrected chi connectivity index (χ2v) is 12.8. The summed E-state index contributed by atoms with van der Waals surface area (Å²) in [6.07, 6.45) is 3.60. The number of benzene rings is 6. The number of aromatic hydroxyl groups is 1. The van der Waals surface area contributed by atoms with Crippen molar-refractivity contribution >= 4 is 60.8 Å². The first kappa shape index (κ1) is 40.8. The first-order valence-corrected chi connectivity index (χ1v) is 17.5. The molecule has 0 aliphatic carbocycles. The molecule has 57 heavy (non-hydrogen) atoms. The summed E-state index contributed by atoms with van der Waals surface area (Å²) in [5, 5.41) is 21.7. The highest BCUT2D eigenvalue weighted by Crippen LogP contribution is 2.30. The van der Waals surface area contributed by atoms with Crippen molar-refractivity contribution in [1.29, 1.82) is 0 Å². The predicted molar refractivity (Wildman–Crippen MR) is 235 cm³/mol. The maximum absolute atomic E-state index is 12.6. The van der Waals surface area contributed by atoms with Gasteiger partial charge in [0.15, 0.2) is 0 Å². The number of nitrogens with one attached hydrogen (secondary N) is 2. The molecule has 0 aliphatic rings. The molecule has 8 rings (SSSR count). The van der Waals surface area contributed by atoms with E-state index in [9.17, 15) is 19.5 Å². The monoisotopic (exact) mass is 760 g/mol. The Morgan fingerprint density at radius 3 is 1.46 bits per heavy atom. The van der Waals surface area contributed by atoms with E-state index in [2.05, 4.69) is 23.8 Å². The maximum atomic E-state index is 12.6. The van der Waals surface area contributed by atoms with Gasteiger partial charge >= 0.3 is 17.2 Å². The van der Waals surface area contributed by atoms with Gasteiger partial charge in [-0.15, -0.1) is 13.2 Å². The highest BCUT2D eigenvalue weighted by Gasteiger charge is 2.12. The van der Waals surface area contributed by atoms with Gasteiger partial charge in [-0.1, -0.05) is 63.4 Å². The van der Waals surface area contributed by atoms with Gasteiger partial charge in [-0.05, 0) is 118 Å². The summed E-state index contributed by atoms with van der Waals surface area (Å²) in [4.78, 5) is 36.0. The molecule has 0 atom stereocenters. The average molecular weight is 761 g/mol. The number of hydrogen-bond acceptors (Lipinski definition) is 9. The van der Waals surface area contributed by atoms with E-state index in [0.717, 1.165) is 43.7 Å². The minimum atomic E-state index is -0.418. The number of anilines is 2. The lowest BCUT2D eigenvalue weighted by Crippen LogP contribution is -2.03. The third-order valence-electron chi connectivity index (χ3n) is 8.89. The molecular formula is C48H44N2O7. The Kier molecular flexibility index (Phi) is 12.8. The Labute approximate surface area is 330 Å². The van der Waals surface area contributed by atoms with Gasteiger partial charge in [-0.2, -0.15) is 0 Å². The lowest BCUT2D eigenvalue weighted by molar-refractivity contribution is -0.131. The van der Waals surface area contributed by atoms with Crippen LogP contribution in [0.1, 0.15) is 21.8 Å². The van der Waals surface area contributed by atoms with Crippen LogP contribution in [0, 0.1) is 0 Å². The molecule has 0 fully saturated rings. The largest absolute Gasteiger partial charge is 0.508 e. The number of phenols is 1. The molecule has 2 heterocycles. The van der Waals surface area contributed by atoms with E-state index < -0.39 is 17.2 Å². The zero-order valence-electron chi connectivity index (χ0n) is 29.9. The van der Waals surface area contributed by atoms with Crippen LogP contribution in [-0.2, 0) is 4.79 Å². The van der Waals surface area contributed by atoms with Crippen LogP contribution in [0.5, 0.6) is 11.5 Å². The van der Waals surface area contributed by atoms with Gasteiger partial charge in [0.1, 0.15) is 22.7 Å². The molecule has 0 saturated heterocycles. The number of ether oxygens (including phenoxy) is 1. The first-order chi connectivity index (χ1) is 26.7. The van der Waals surface area contributed by atoms with Crippen molar-refractivity contribution in [2.24, 2.45) is 0 Å². The van der Waals surface area contributed by atoms with Crippen molar-refractivity contribution in [3.63, 3.8) is 0 Å². The Morgan fingerprint density at radius 1 is 0.596 bits per heavy atom. The summed E-state index contributed by atoms with van der Waals surface area (Å²) in [6.45, 7) is 10.1. The van der Waals surface area contributed by atoms with Crippen LogP contribution >= 0.6 is 0 Å². The molecule has 3 N–H and O–H groups in total. The summed E-state index contributed by atoms with van der Waals surface area (Å²) < 4.78 is 16.2. The number of hydrogen-bond donors (Lipinski definition) is 3. The molecule has 0 radical (unpaired) electrons. The van der Waals surface area contributed by atoms with Crippen molar-refractivity contribution in [3.05, 3.63) is 167 Å². The highest BCUT2D eigenvalue weighted by molar-refractivity contribution is 5.99. The third kappa shape index (κ3) is 9.29. The van der Waals surface area contributed by atoms with Crippen LogP contribution in [0.4, 0.5) is 11.4 Å². The van der Waals surface area contributed by atoms with E-state index in [1.54, 1.807) is 60.7 Å². The average Bonchev–Trinajstić information content (AvgIpc) is 3.18. The lowest BCUT2D eigenvalue weighted by atomic mass is 10.0. The standard InChI is InChI=1S/C24H19NO4.C22H17NO3.2CH4/c1-3-10-25-20-7-4-17-11-19-13-22(24(27)29-23(19)14-18(17)12-20)16-5-8-21(9-6-16)28-15(2)26;1-2-9-23-18-6-3-15-10-17-12-20(14-4-7-19(24)8-5-14)22(25)26-21(17)13-16(15)11-18;;/h3-9,11-14,25H,1,10H2,2H3;2-8,10-13,23-24H,1,9H2;2*1H4. The van der Waals surface area contributed by atoms with E-state index in [4.69, 9.17) is 13.6 Å². The van der Waals surface area contributed by atoms with Crippen LogP contribution in [0.15, 0.2) is 165 Å². The van der Waals surface area contributed by atoms with Crippen molar-refractivity contribution in [2.75, 3.05) is 23.7 Å². The van der Waals surface area contributed by atoms with Gasteiger partial charge < -0.3 is 29.3 Å². The Morgan fingerprint density at radius 2 is 1.04 bits per heavy atom. The Balaban J connectivity index is 0.000000211. The van der Waals surface area contributed by atoms with Crippen LogP contribution in [-0.4, -0.2) is 24.2 Å². The van der Waals surface area contributed by atoms with Gasteiger partial charge in [-0.25, -0.2) is 9.59 Å². The summed E-state index contributed by atoms with van der Waals surface area (Å²) in [7, 11) is 0. The molecule has 0 saturated carbocycles. The predicted octanol–water partition coefficient (Wildman–Crippen LogP) is 11.3. The minimum Gasteiger partial charge on any atom is -0.508 e. The molecule has 9 nitrogen and oxygen atoms in total. The fraction of sp³-hybridized carbons (Fsp3) is 0.104. The van der Waals surface area contributed by atoms with Gasteiger partial charge in [0.25, 0.3) is 0 Å². The van der Waals surface area contributed by atoms with Crippen LogP contribution < -0.4 is 26.6 Å². The van der Waals surface area contributed by atoms with Gasteiger partial charge in [0.05, 0.1) is 11.1 Å². The fourth-order valence-electron chi connectivity index (χ4n) is 6.24. The molecular weight excluding hydrogens is 717 g/mol. The van der Waals surface area contributed by atoms with Crippen LogP contribution in [0.25, 0.3) is 65.7 Å². The topological polar surface area (TPSA) is 131 Å². The molecule has 0 amide bonds. The van der Waals surface area contributed by atoms with Crippen molar-refractivity contribution in [2.45, 2.75) is 21.8 Å². The molecule has 0 bridgehead atoms. The lowest BCUT2D eigenvalue weighted by Gasteiger charge is -2.08. The normalized spacial score (nSPS) is 10.5. The van der Waals surface area contributed by atoms with Gasteiger partial charge in [-0.3, -0.25) is 4.79 Å². The second-order valence-electron chi connectivity index (χ2n) is 12.8. The summed E-state index contributed by atoms with van der Waals surface area (Å²) >= 11 is 0. The Hall–Kier alpha value is -7.39. The number of esters is 1. The second kappa shape index (κ2) is 17.8. The first-order valence-electron chi connectivity index (χ1n) is 17.5. The maximum Gasteiger partial charge on any atom is 0.344 e. The molecule has 8 aromatic rings. The molecule has 2 aromatic heterocycles. The van der Waals surface area contributed by atoms with Crippen molar-refractivity contribution in [3.8, 4) is 33.8 Å². The van der Waals surface area contributed by atoms with Crippen LogP contribution in [0.3, 0.4) is 0 Å². The number of rotatable bonds is 9. The number of carbonyl (C=O) groups is 1. The minimum absolute atomic E-state index is 0. The van der Waals surface area contributed by atoms with Crippen LogP contribution in [0.2, 0.25) is 0 Å². The quantitative estimate of drug-likeness (QED) is 0.0432. The van der Waals surface area contributed by atoms with Gasteiger partial charge in [0.2, 0.25) is 0 Å². The molecule has 0 spiro atoms. The number of carbonyl (C=O) groups excluding carboxylic acids is 1. The molecule has 288 valence electrons. The summed E-state index contributed by atoms with van der Waals surface area (Å²) in [5.41, 5.74) is 4.55. The fourth-order valence-corrected chi connectivity index (χ4v) is 6.24. The number of fused-ring (bicyclic) bond motifs is 4. The SMILES string of the molecule is C.C.C=CCNc1ccc2cc3cc(-c4ccc(O)cc4)c(=O)oc3cc2c1.C=CCNc1ccc2cc3cc(-c4ccc(OC(C)=O)cc4)c(=O)oc3cc2c1. The Bertz CT molecular complexity index is 2860. The molecule has 6 aromatic carbocycles. The van der Waals surface area contributed by atoms with Crippen molar-refractivity contribution in [1.82, 2.24) is 0 Å². The molecule has 0 aliphatic heterocycles. The van der Waals surface area contributed by atoms with E-state index in [1.807, 2.05) is 72.8 Å². The van der Waals surface area contributed by atoms with Crippen molar-refractivity contribution < 1.29 is 23.5 Å². The van der Waals surface area contributed by atoms with E-state index in [0.29, 0.717) is 52.3 Å². The molecule has 0 unspecified atom stereocenters. The zero-order chi connectivity index (χ0) is 38.5. The summed E-state index contributed by atoms with van der Waals surface area (Å²) in [6, 6.07) is 36.8. The summed E-state index contributed by atoms with van der Waals surface area (Å²) in [5.74, 6) is 0.196. The molecule has 9 heteroatoms. The number of phenolic OH excluding ortho intramolecular Hbond substituents is 1. The van der Waals surface area contributed by atoms with E-state index >= 15 is 0 Å². The van der Waals surface area contributed by atoms with E-state index in [-0.39, 0.29) is 20.6 Å². The van der Waals surface area contributed by atoms with Gasteiger partial charge in [0, 0.05) is 42.2 Å².